The zero-order chi connectivity index (χ0) is 13.7. The molecule has 0 amide bonds. The summed E-state index contributed by atoms with van der Waals surface area (Å²) >= 11 is 0. The number of hydrogen-bond acceptors (Lipinski definition) is 4. The first-order chi connectivity index (χ1) is 9.20. The van der Waals surface area contributed by atoms with E-state index in [0.29, 0.717) is 5.56 Å². The number of esters is 1. The smallest absolute Gasteiger partial charge is 0.332 e. The highest BCUT2D eigenvalue weighted by atomic mass is 16.5. The lowest BCUT2D eigenvalue weighted by molar-refractivity contribution is -0.141. The molecule has 0 spiro atoms. The van der Waals surface area contributed by atoms with E-state index >= 15 is 0 Å². The summed E-state index contributed by atoms with van der Waals surface area (Å²) in [6, 6.07) is 15.3. The Hall–Kier alpha value is -2.49. The van der Waals surface area contributed by atoms with E-state index in [1.165, 1.54) is 13.2 Å². The molecule has 4 heteroatoms. The molecular formula is C15H15NO3. The van der Waals surface area contributed by atoms with Gasteiger partial charge >= 0.3 is 5.97 Å². The molecule has 0 aliphatic heterocycles. The minimum Gasteiger partial charge on any atom is -0.508 e. The number of phenolic OH excluding ortho intramolecular Hbond substituents is 1. The summed E-state index contributed by atoms with van der Waals surface area (Å²) in [4.78, 5) is 11.9. The number of carbonyl (C=O) groups is 1. The third-order valence-corrected chi connectivity index (χ3v) is 2.73. The molecule has 0 saturated heterocycles. The van der Waals surface area contributed by atoms with Gasteiger partial charge in [0.1, 0.15) is 5.75 Å². The van der Waals surface area contributed by atoms with Crippen LogP contribution in [-0.2, 0) is 9.53 Å². The minimum absolute atomic E-state index is 0.112. The molecule has 4 nitrogen and oxygen atoms in total. The van der Waals surface area contributed by atoms with E-state index in [1.807, 2.05) is 30.3 Å². The third kappa shape index (κ3) is 3.25. The zero-order valence-electron chi connectivity index (χ0n) is 10.5. The van der Waals surface area contributed by atoms with Gasteiger partial charge in [-0.1, -0.05) is 30.3 Å². The second-order valence-corrected chi connectivity index (χ2v) is 4.06. The molecule has 0 fully saturated rings. The van der Waals surface area contributed by atoms with Crippen molar-refractivity contribution in [1.29, 1.82) is 0 Å². The topological polar surface area (TPSA) is 58.6 Å². The van der Waals surface area contributed by atoms with Gasteiger partial charge in [-0.3, -0.25) is 0 Å². The fraction of sp³-hybridized carbons (Fsp3) is 0.133. The highest BCUT2D eigenvalue weighted by Crippen LogP contribution is 2.23. The van der Waals surface area contributed by atoms with Gasteiger partial charge in [-0.15, -0.1) is 0 Å². The molecule has 1 atom stereocenters. The maximum Gasteiger partial charge on any atom is 0.332 e. The number of benzene rings is 2. The van der Waals surface area contributed by atoms with E-state index < -0.39 is 12.0 Å². The molecular weight excluding hydrogens is 242 g/mol. The summed E-state index contributed by atoms with van der Waals surface area (Å²) in [7, 11) is 1.34. The highest BCUT2D eigenvalue weighted by Gasteiger charge is 2.21. The zero-order valence-corrected chi connectivity index (χ0v) is 10.5. The molecule has 1 unspecified atom stereocenters. The van der Waals surface area contributed by atoms with E-state index in [9.17, 15) is 9.90 Å². The van der Waals surface area contributed by atoms with E-state index in [0.717, 1.165) is 5.69 Å². The van der Waals surface area contributed by atoms with Crippen LogP contribution in [0.1, 0.15) is 11.6 Å². The summed E-state index contributed by atoms with van der Waals surface area (Å²) in [6.07, 6.45) is 0. The third-order valence-electron chi connectivity index (χ3n) is 2.73. The molecule has 0 radical (unpaired) electrons. The van der Waals surface area contributed by atoms with Crippen LogP contribution in [0.2, 0.25) is 0 Å². The van der Waals surface area contributed by atoms with Crippen LogP contribution in [0, 0.1) is 0 Å². The second-order valence-electron chi connectivity index (χ2n) is 4.06. The Labute approximate surface area is 111 Å². The Bertz CT molecular complexity index is 554. The van der Waals surface area contributed by atoms with Crippen molar-refractivity contribution in [2.75, 3.05) is 12.4 Å². The minimum atomic E-state index is -0.653. The maximum atomic E-state index is 11.9. The van der Waals surface area contributed by atoms with Gasteiger partial charge in [0.25, 0.3) is 0 Å². The van der Waals surface area contributed by atoms with Crippen molar-refractivity contribution in [3.05, 3.63) is 60.2 Å². The van der Waals surface area contributed by atoms with E-state index in [4.69, 9.17) is 4.74 Å². The summed E-state index contributed by atoms with van der Waals surface area (Å²) in [5.74, 6) is -0.296. The molecule has 19 heavy (non-hydrogen) atoms. The van der Waals surface area contributed by atoms with Gasteiger partial charge < -0.3 is 15.2 Å². The van der Waals surface area contributed by atoms with Gasteiger partial charge in [0.15, 0.2) is 6.04 Å². The molecule has 0 aliphatic rings. The van der Waals surface area contributed by atoms with Crippen LogP contribution in [0.15, 0.2) is 54.6 Å². The quantitative estimate of drug-likeness (QED) is 0.827. The molecule has 0 aromatic heterocycles. The van der Waals surface area contributed by atoms with Crippen molar-refractivity contribution >= 4 is 11.7 Å². The molecule has 2 rings (SSSR count). The second kappa shape index (κ2) is 5.91. The number of methoxy groups -OCH3 is 1. The average Bonchev–Trinajstić information content (AvgIpc) is 2.45. The summed E-state index contributed by atoms with van der Waals surface area (Å²) in [5, 5.41) is 12.6. The lowest BCUT2D eigenvalue weighted by atomic mass is 10.1. The Morgan fingerprint density at radius 3 is 2.53 bits per heavy atom. The number of nitrogens with one attached hydrogen (secondary N) is 1. The molecule has 98 valence electrons. The monoisotopic (exact) mass is 257 g/mol. The van der Waals surface area contributed by atoms with Crippen LogP contribution in [0.25, 0.3) is 0 Å². The summed E-state index contributed by atoms with van der Waals surface area (Å²) in [5.41, 5.74) is 1.46. The van der Waals surface area contributed by atoms with Crippen LogP contribution >= 0.6 is 0 Å². The summed E-state index contributed by atoms with van der Waals surface area (Å²) in [6.45, 7) is 0. The van der Waals surface area contributed by atoms with Gasteiger partial charge in [0.05, 0.1) is 7.11 Å². The highest BCUT2D eigenvalue weighted by molar-refractivity contribution is 5.81. The normalized spacial score (nSPS) is 11.6. The van der Waals surface area contributed by atoms with Crippen molar-refractivity contribution in [3.8, 4) is 5.75 Å². The van der Waals surface area contributed by atoms with Gasteiger partial charge in [0, 0.05) is 5.69 Å². The SMILES string of the molecule is COC(=O)C(Nc1ccccc1)c1cccc(O)c1. The molecule has 0 heterocycles. The Balaban J connectivity index is 2.29. The standard InChI is InChI=1S/C15H15NO3/c1-19-15(18)14(11-6-5-9-13(17)10-11)16-12-7-3-2-4-8-12/h2-10,14,16-17H,1H3. The Morgan fingerprint density at radius 1 is 1.16 bits per heavy atom. The van der Waals surface area contributed by atoms with Crippen LogP contribution in [0.5, 0.6) is 5.75 Å². The lowest BCUT2D eigenvalue weighted by Crippen LogP contribution is -2.22. The van der Waals surface area contributed by atoms with E-state index in [2.05, 4.69) is 5.32 Å². The predicted octanol–water partition coefficient (Wildman–Crippen LogP) is 2.72. The molecule has 0 aliphatic carbocycles. The van der Waals surface area contributed by atoms with Crippen LogP contribution in [-0.4, -0.2) is 18.2 Å². The van der Waals surface area contributed by atoms with Crippen molar-refractivity contribution < 1.29 is 14.6 Å². The Morgan fingerprint density at radius 2 is 1.89 bits per heavy atom. The number of anilines is 1. The number of para-hydroxylation sites is 1. The van der Waals surface area contributed by atoms with Gasteiger partial charge in [-0.25, -0.2) is 4.79 Å². The Kier molecular flexibility index (Phi) is 4.03. The molecule has 2 aromatic carbocycles. The number of rotatable bonds is 4. The van der Waals surface area contributed by atoms with Crippen LogP contribution in [0.3, 0.4) is 0 Å². The first-order valence-corrected chi connectivity index (χ1v) is 5.89. The molecule has 0 saturated carbocycles. The van der Waals surface area contributed by atoms with Crippen molar-refractivity contribution in [2.24, 2.45) is 0 Å². The van der Waals surface area contributed by atoms with Crippen molar-refractivity contribution in [2.45, 2.75) is 6.04 Å². The average molecular weight is 257 g/mol. The molecule has 2 N–H and O–H groups in total. The van der Waals surface area contributed by atoms with Gasteiger partial charge in [-0.05, 0) is 29.8 Å². The van der Waals surface area contributed by atoms with Crippen molar-refractivity contribution in [1.82, 2.24) is 0 Å². The van der Waals surface area contributed by atoms with E-state index in [-0.39, 0.29) is 5.75 Å². The first-order valence-electron chi connectivity index (χ1n) is 5.89. The fourth-order valence-corrected chi connectivity index (χ4v) is 1.80. The first kappa shape index (κ1) is 13.0. The lowest BCUT2D eigenvalue weighted by Gasteiger charge is -2.18. The fourth-order valence-electron chi connectivity index (χ4n) is 1.80. The molecule has 0 bridgehead atoms. The number of carbonyl (C=O) groups excluding carboxylic acids is 1. The predicted molar refractivity (Wildman–Crippen MR) is 72.9 cm³/mol. The number of ether oxygens (including phenoxy) is 1. The van der Waals surface area contributed by atoms with Crippen LogP contribution < -0.4 is 5.32 Å². The largest absolute Gasteiger partial charge is 0.508 e. The van der Waals surface area contributed by atoms with Crippen LogP contribution in [0.4, 0.5) is 5.69 Å². The van der Waals surface area contributed by atoms with E-state index in [1.54, 1.807) is 18.2 Å². The molecule has 2 aromatic rings. The summed E-state index contributed by atoms with van der Waals surface area (Å²) < 4.78 is 4.80. The number of aromatic hydroxyl groups is 1. The van der Waals surface area contributed by atoms with Crippen molar-refractivity contribution in [3.63, 3.8) is 0 Å². The number of hydrogen-bond donors (Lipinski definition) is 2. The number of phenols is 1. The van der Waals surface area contributed by atoms with Gasteiger partial charge in [0.2, 0.25) is 0 Å². The maximum absolute atomic E-state index is 11.9. The van der Waals surface area contributed by atoms with Gasteiger partial charge in [-0.2, -0.15) is 0 Å².